The van der Waals surface area contributed by atoms with Gasteiger partial charge >= 0.3 is 0 Å². The van der Waals surface area contributed by atoms with Gasteiger partial charge in [-0.05, 0) is 66.4 Å². The number of fused-ring (bicyclic) bond motifs is 1. The Morgan fingerprint density at radius 3 is 2.28 bits per heavy atom. The summed E-state index contributed by atoms with van der Waals surface area (Å²) in [5, 5.41) is 1.07. The number of rotatable bonds is 4. The van der Waals surface area contributed by atoms with E-state index in [0.29, 0.717) is 0 Å². The van der Waals surface area contributed by atoms with Crippen LogP contribution in [0, 0.1) is 0 Å². The van der Waals surface area contributed by atoms with Crippen LogP contribution in [-0.2, 0) is 0 Å². The van der Waals surface area contributed by atoms with Gasteiger partial charge in [0.25, 0.3) is 0 Å². The van der Waals surface area contributed by atoms with Crippen LogP contribution in [0.25, 0.3) is 0 Å². The van der Waals surface area contributed by atoms with Crippen molar-refractivity contribution in [1.82, 2.24) is 0 Å². The SMILES string of the molecule is COc1ccc(Sc2ccc3c(c2)N=C(c2ccc(Br)cc2)CC(SC)=N3)cc1. The first-order chi connectivity index (χ1) is 14.1. The quantitative estimate of drug-likeness (QED) is 0.385. The van der Waals surface area contributed by atoms with Crippen molar-refractivity contribution in [1.29, 1.82) is 0 Å². The van der Waals surface area contributed by atoms with Gasteiger partial charge in [0.05, 0.1) is 29.2 Å². The van der Waals surface area contributed by atoms with Crippen LogP contribution in [0.1, 0.15) is 12.0 Å². The molecule has 4 rings (SSSR count). The molecule has 0 fully saturated rings. The lowest BCUT2D eigenvalue weighted by Crippen LogP contribution is -2.05. The van der Waals surface area contributed by atoms with Crippen molar-refractivity contribution in [3.63, 3.8) is 0 Å². The molecule has 29 heavy (non-hydrogen) atoms. The summed E-state index contributed by atoms with van der Waals surface area (Å²) in [6, 6.07) is 22.7. The van der Waals surface area contributed by atoms with Crippen LogP contribution in [-0.4, -0.2) is 24.1 Å². The zero-order valence-corrected chi connectivity index (χ0v) is 19.3. The van der Waals surface area contributed by atoms with Gasteiger partial charge in [-0.25, -0.2) is 4.99 Å². The first-order valence-corrected chi connectivity index (χ1v) is 11.9. The van der Waals surface area contributed by atoms with E-state index in [1.54, 1.807) is 30.6 Å². The molecule has 3 aromatic carbocycles. The molecule has 0 aliphatic carbocycles. The van der Waals surface area contributed by atoms with Gasteiger partial charge in [0, 0.05) is 20.7 Å². The summed E-state index contributed by atoms with van der Waals surface area (Å²) in [5.41, 5.74) is 3.98. The number of thioether (sulfide) groups is 1. The summed E-state index contributed by atoms with van der Waals surface area (Å²) >= 11 is 6.89. The molecule has 0 spiro atoms. The largest absolute Gasteiger partial charge is 0.497 e. The highest BCUT2D eigenvalue weighted by Crippen LogP contribution is 2.38. The molecule has 0 amide bonds. The normalized spacial score (nSPS) is 13.2. The maximum Gasteiger partial charge on any atom is 0.118 e. The molecule has 0 unspecified atom stereocenters. The van der Waals surface area contributed by atoms with E-state index < -0.39 is 0 Å². The van der Waals surface area contributed by atoms with Crippen molar-refractivity contribution in [2.75, 3.05) is 13.4 Å². The zero-order valence-electron chi connectivity index (χ0n) is 16.1. The molecule has 0 saturated carbocycles. The van der Waals surface area contributed by atoms with E-state index in [9.17, 15) is 0 Å². The van der Waals surface area contributed by atoms with Gasteiger partial charge in [0.2, 0.25) is 0 Å². The average Bonchev–Trinajstić information content (AvgIpc) is 2.94. The second-order valence-electron chi connectivity index (χ2n) is 6.38. The Bertz CT molecular complexity index is 1080. The molecule has 0 atom stereocenters. The van der Waals surface area contributed by atoms with E-state index in [1.807, 2.05) is 12.1 Å². The van der Waals surface area contributed by atoms with Gasteiger partial charge in [-0.3, -0.25) is 4.99 Å². The minimum Gasteiger partial charge on any atom is -0.497 e. The van der Waals surface area contributed by atoms with Gasteiger partial charge < -0.3 is 4.74 Å². The minimum absolute atomic E-state index is 0.735. The Hall–Kier alpha value is -2.02. The number of hydrogen-bond acceptors (Lipinski definition) is 5. The number of ether oxygens (including phenoxy) is 1. The molecule has 6 heteroatoms. The molecule has 0 saturated heterocycles. The van der Waals surface area contributed by atoms with E-state index in [-0.39, 0.29) is 0 Å². The van der Waals surface area contributed by atoms with Crippen molar-refractivity contribution in [3.8, 4) is 5.75 Å². The van der Waals surface area contributed by atoms with E-state index in [0.717, 1.165) is 54.1 Å². The van der Waals surface area contributed by atoms with Crippen LogP contribution >= 0.6 is 39.5 Å². The first-order valence-electron chi connectivity index (χ1n) is 9.05. The van der Waals surface area contributed by atoms with Gasteiger partial charge in [0.15, 0.2) is 0 Å². The molecule has 3 nitrogen and oxygen atoms in total. The summed E-state index contributed by atoms with van der Waals surface area (Å²) in [6.45, 7) is 0. The second kappa shape index (κ2) is 9.20. The summed E-state index contributed by atoms with van der Waals surface area (Å²) in [5.74, 6) is 0.860. The molecule has 1 heterocycles. The van der Waals surface area contributed by atoms with Crippen LogP contribution < -0.4 is 4.74 Å². The third kappa shape index (κ3) is 4.94. The van der Waals surface area contributed by atoms with Crippen molar-refractivity contribution in [3.05, 3.63) is 76.8 Å². The lowest BCUT2D eigenvalue weighted by atomic mass is 10.1. The van der Waals surface area contributed by atoms with Gasteiger partial charge in [-0.1, -0.05) is 39.8 Å². The van der Waals surface area contributed by atoms with Crippen molar-refractivity contribution in [2.24, 2.45) is 9.98 Å². The van der Waals surface area contributed by atoms with Crippen LogP contribution in [0.15, 0.2) is 91.0 Å². The maximum absolute atomic E-state index is 5.24. The van der Waals surface area contributed by atoms with Crippen LogP contribution in [0.3, 0.4) is 0 Å². The summed E-state index contributed by atoms with van der Waals surface area (Å²) in [4.78, 5) is 12.2. The van der Waals surface area contributed by atoms with Gasteiger partial charge in [0.1, 0.15) is 5.75 Å². The molecule has 0 aromatic heterocycles. The molecule has 1 aliphatic rings. The van der Waals surface area contributed by atoms with E-state index >= 15 is 0 Å². The monoisotopic (exact) mass is 482 g/mol. The minimum atomic E-state index is 0.735. The Kier molecular flexibility index (Phi) is 6.43. The smallest absolute Gasteiger partial charge is 0.118 e. The summed E-state index contributed by atoms with van der Waals surface area (Å²) in [6.07, 6.45) is 2.80. The Labute approximate surface area is 187 Å². The molecule has 1 aliphatic heterocycles. The summed E-state index contributed by atoms with van der Waals surface area (Å²) in [7, 11) is 1.68. The molecule has 146 valence electrons. The fourth-order valence-corrected chi connectivity index (χ4v) is 4.55. The predicted octanol–water partition coefficient (Wildman–Crippen LogP) is 7.53. The zero-order chi connectivity index (χ0) is 20.2. The van der Waals surface area contributed by atoms with Gasteiger partial charge in [-0.2, -0.15) is 0 Å². The fourth-order valence-electron chi connectivity index (χ4n) is 2.96. The van der Waals surface area contributed by atoms with Crippen molar-refractivity contribution < 1.29 is 4.74 Å². The molecule has 3 aromatic rings. The van der Waals surface area contributed by atoms with Crippen LogP contribution in [0.2, 0.25) is 0 Å². The van der Waals surface area contributed by atoms with E-state index in [1.165, 1.54) is 0 Å². The Morgan fingerprint density at radius 1 is 0.862 bits per heavy atom. The molecular formula is C23H19BrN2OS2. The highest BCUT2D eigenvalue weighted by atomic mass is 79.9. The first kappa shape index (κ1) is 20.3. The number of benzene rings is 3. The maximum atomic E-state index is 5.24. The van der Waals surface area contributed by atoms with E-state index in [2.05, 4.69) is 76.8 Å². The number of hydrogen-bond donors (Lipinski definition) is 0. The summed E-state index contributed by atoms with van der Waals surface area (Å²) < 4.78 is 6.31. The third-order valence-corrected chi connectivity index (χ3v) is 6.71. The number of methoxy groups -OCH3 is 1. The number of nitrogens with zero attached hydrogens (tertiary/aromatic N) is 2. The Morgan fingerprint density at radius 2 is 1.59 bits per heavy atom. The molecule has 0 N–H and O–H groups in total. The van der Waals surface area contributed by atoms with Crippen molar-refractivity contribution in [2.45, 2.75) is 16.2 Å². The standard InChI is InChI=1S/C23H19BrN2OS2/c1-27-17-7-9-18(10-8-17)29-19-11-12-20-22(13-19)25-21(14-23(26-20)28-2)15-3-5-16(24)6-4-15/h3-13H,14H2,1-2H3. The van der Waals surface area contributed by atoms with Crippen LogP contribution in [0.5, 0.6) is 5.75 Å². The fraction of sp³-hybridized carbons (Fsp3) is 0.130. The molecular weight excluding hydrogens is 464 g/mol. The lowest BCUT2D eigenvalue weighted by Gasteiger charge is -2.07. The van der Waals surface area contributed by atoms with Gasteiger partial charge in [-0.15, -0.1) is 11.8 Å². The average molecular weight is 483 g/mol. The highest BCUT2D eigenvalue weighted by molar-refractivity contribution is 9.10. The lowest BCUT2D eigenvalue weighted by molar-refractivity contribution is 0.414. The Balaban J connectivity index is 1.69. The molecule has 0 radical (unpaired) electrons. The number of halogens is 1. The second-order valence-corrected chi connectivity index (χ2v) is 9.32. The predicted molar refractivity (Wildman–Crippen MR) is 129 cm³/mol. The van der Waals surface area contributed by atoms with Crippen molar-refractivity contribution >= 4 is 61.6 Å². The highest BCUT2D eigenvalue weighted by Gasteiger charge is 2.15. The molecule has 0 bridgehead atoms. The topological polar surface area (TPSA) is 34.0 Å². The number of aliphatic imine (C=N–C) groups is 2. The van der Waals surface area contributed by atoms with E-state index in [4.69, 9.17) is 14.7 Å². The van der Waals surface area contributed by atoms with Crippen LogP contribution in [0.4, 0.5) is 11.4 Å². The third-order valence-electron chi connectivity index (χ3n) is 4.47.